The summed E-state index contributed by atoms with van der Waals surface area (Å²) in [6.45, 7) is 3.69. The molecule has 0 bridgehead atoms. The lowest BCUT2D eigenvalue weighted by Crippen LogP contribution is -2.15. The van der Waals surface area contributed by atoms with Crippen LogP contribution in [0.4, 0.5) is 15.8 Å². The van der Waals surface area contributed by atoms with Crippen molar-refractivity contribution in [1.29, 1.82) is 0 Å². The van der Waals surface area contributed by atoms with Gasteiger partial charge in [0.2, 0.25) is 0 Å². The largest absolute Gasteiger partial charge is 0.398 e. The van der Waals surface area contributed by atoms with E-state index in [1.807, 2.05) is 19.9 Å². The predicted octanol–water partition coefficient (Wildman–Crippen LogP) is 4.69. The third-order valence-electron chi connectivity index (χ3n) is 3.10. The highest BCUT2D eigenvalue weighted by molar-refractivity contribution is 9.10. The van der Waals surface area contributed by atoms with Crippen molar-refractivity contribution in [3.63, 3.8) is 0 Å². The average molecular weight is 372 g/mol. The molecule has 1 amide bonds. The fourth-order valence-corrected chi connectivity index (χ4v) is 2.85. The van der Waals surface area contributed by atoms with Gasteiger partial charge in [-0.25, -0.2) is 4.39 Å². The summed E-state index contributed by atoms with van der Waals surface area (Å²) in [4.78, 5) is 12.3. The van der Waals surface area contributed by atoms with E-state index in [1.165, 1.54) is 6.07 Å². The maximum Gasteiger partial charge on any atom is 0.256 e. The molecule has 0 atom stereocenters. The van der Waals surface area contributed by atoms with Crippen molar-refractivity contribution in [2.24, 2.45) is 0 Å². The average Bonchev–Trinajstić information content (AvgIpc) is 2.37. The lowest BCUT2D eigenvalue weighted by molar-refractivity contribution is 0.102. The maximum atomic E-state index is 13.2. The highest BCUT2D eigenvalue weighted by atomic mass is 79.9. The van der Waals surface area contributed by atoms with E-state index in [0.29, 0.717) is 21.4 Å². The number of amides is 1. The minimum atomic E-state index is -0.486. The molecule has 2 aromatic rings. The summed E-state index contributed by atoms with van der Waals surface area (Å²) in [5, 5.41) is 2.79. The zero-order chi connectivity index (χ0) is 15.7. The van der Waals surface area contributed by atoms with Gasteiger partial charge in [-0.3, -0.25) is 4.79 Å². The minimum Gasteiger partial charge on any atom is -0.398 e. The third kappa shape index (κ3) is 3.36. The first kappa shape index (κ1) is 15.8. The summed E-state index contributed by atoms with van der Waals surface area (Å²) < 4.78 is 13.6. The molecule has 2 rings (SSSR count). The molecule has 0 aliphatic rings. The van der Waals surface area contributed by atoms with E-state index in [9.17, 15) is 9.18 Å². The standard InChI is InChI=1S/C15H13BrClFN2O/c1-7-3-8(2)13(19)6-10(7)15(21)20-14-11(16)4-9(18)5-12(14)17/h3-6H,19H2,1-2H3,(H,20,21). The summed E-state index contributed by atoms with van der Waals surface area (Å²) in [5.41, 5.74) is 8.85. The summed E-state index contributed by atoms with van der Waals surface area (Å²) in [6.07, 6.45) is 0. The van der Waals surface area contributed by atoms with Crippen LogP contribution in [0.2, 0.25) is 5.02 Å². The molecule has 0 saturated heterocycles. The Hall–Kier alpha value is -1.59. The molecule has 0 fully saturated rings. The number of aryl methyl sites for hydroxylation is 2. The van der Waals surface area contributed by atoms with Crippen molar-refractivity contribution in [2.75, 3.05) is 11.1 Å². The molecule has 0 aliphatic carbocycles. The first-order valence-corrected chi connectivity index (χ1v) is 7.29. The van der Waals surface area contributed by atoms with E-state index in [-0.39, 0.29) is 10.9 Å². The second kappa shape index (κ2) is 6.03. The molecule has 0 unspecified atom stereocenters. The first-order chi connectivity index (χ1) is 9.79. The fourth-order valence-electron chi connectivity index (χ4n) is 1.96. The summed E-state index contributed by atoms with van der Waals surface area (Å²) in [7, 11) is 0. The molecule has 2 aromatic carbocycles. The van der Waals surface area contributed by atoms with Crippen LogP contribution in [0.1, 0.15) is 21.5 Å². The number of halogens is 3. The van der Waals surface area contributed by atoms with Crippen molar-refractivity contribution in [3.8, 4) is 0 Å². The van der Waals surface area contributed by atoms with Crippen LogP contribution >= 0.6 is 27.5 Å². The van der Waals surface area contributed by atoms with Gasteiger partial charge in [0, 0.05) is 15.7 Å². The Kier molecular flexibility index (Phi) is 4.54. The molecule has 0 spiro atoms. The van der Waals surface area contributed by atoms with Gasteiger partial charge in [0.1, 0.15) is 5.82 Å². The van der Waals surface area contributed by atoms with Crippen molar-refractivity contribution >= 4 is 44.8 Å². The van der Waals surface area contributed by atoms with E-state index < -0.39 is 5.82 Å². The van der Waals surface area contributed by atoms with Gasteiger partial charge >= 0.3 is 0 Å². The molecular weight excluding hydrogens is 359 g/mol. The van der Waals surface area contributed by atoms with E-state index in [2.05, 4.69) is 21.2 Å². The van der Waals surface area contributed by atoms with Gasteiger partial charge in [0.05, 0.1) is 10.7 Å². The quantitative estimate of drug-likeness (QED) is 0.752. The number of nitrogens with one attached hydrogen (secondary N) is 1. The second-order valence-corrected chi connectivity index (χ2v) is 5.98. The lowest BCUT2D eigenvalue weighted by atomic mass is 10.0. The molecule has 0 heterocycles. The van der Waals surface area contributed by atoms with Gasteiger partial charge in [-0.15, -0.1) is 0 Å². The molecule has 6 heteroatoms. The van der Waals surface area contributed by atoms with Crippen LogP contribution in [-0.2, 0) is 0 Å². The third-order valence-corrected chi connectivity index (χ3v) is 4.03. The molecule has 3 N–H and O–H groups in total. The normalized spacial score (nSPS) is 10.5. The number of carbonyl (C=O) groups is 1. The summed E-state index contributed by atoms with van der Waals surface area (Å²) >= 11 is 9.13. The minimum absolute atomic E-state index is 0.118. The SMILES string of the molecule is Cc1cc(C)c(C(=O)Nc2c(Cl)cc(F)cc2Br)cc1N. The van der Waals surface area contributed by atoms with Gasteiger partial charge in [0.15, 0.2) is 0 Å². The Morgan fingerprint density at radius 2 is 1.90 bits per heavy atom. The zero-order valence-electron chi connectivity index (χ0n) is 11.4. The van der Waals surface area contributed by atoms with Crippen LogP contribution < -0.4 is 11.1 Å². The Balaban J connectivity index is 2.37. The van der Waals surface area contributed by atoms with Crippen LogP contribution in [-0.4, -0.2) is 5.91 Å². The lowest BCUT2D eigenvalue weighted by Gasteiger charge is -2.12. The van der Waals surface area contributed by atoms with Crippen LogP contribution in [0, 0.1) is 19.7 Å². The number of carbonyl (C=O) groups excluding carboxylic acids is 1. The number of hydrogen-bond acceptors (Lipinski definition) is 2. The Labute approximate surface area is 135 Å². The van der Waals surface area contributed by atoms with Crippen molar-refractivity contribution in [3.05, 3.63) is 56.3 Å². The summed E-state index contributed by atoms with van der Waals surface area (Å²) in [5.74, 6) is -0.839. The highest BCUT2D eigenvalue weighted by Gasteiger charge is 2.15. The van der Waals surface area contributed by atoms with Crippen LogP contribution in [0.15, 0.2) is 28.7 Å². The van der Waals surface area contributed by atoms with E-state index in [4.69, 9.17) is 17.3 Å². The van der Waals surface area contributed by atoms with Gasteiger partial charge in [-0.2, -0.15) is 0 Å². The van der Waals surface area contributed by atoms with Crippen molar-refractivity contribution in [2.45, 2.75) is 13.8 Å². The molecule has 0 aromatic heterocycles. The van der Waals surface area contributed by atoms with Crippen LogP contribution in [0.3, 0.4) is 0 Å². The van der Waals surface area contributed by atoms with Crippen molar-refractivity contribution in [1.82, 2.24) is 0 Å². The van der Waals surface area contributed by atoms with E-state index in [1.54, 1.807) is 6.07 Å². The van der Waals surface area contributed by atoms with Gasteiger partial charge in [-0.1, -0.05) is 17.7 Å². The highest BCUT2D eigenvalue weighted by Crippen LogP contribution is 2.32. The number of rotatable bonds is 2. The van der Waals surface area contributed by atoms with Gasteiger partial charge < -0.3 is 11.1 Å². The molecule has 110 valence electrons. The zero-order valence-corrected chi connectivity index (χ0v) is 13.8. The Morgan fingerprint density at radius 1 is 1.24 bits per heavy atom. The van der Waals surface area contributed by atoms with Crippen molar-refractivity contribution < 1.29 is 9.18 Å². The van der Waals surface area contributed by atoms with Gasteiger partial charge in [0.25, 0.3) is 5.91 Å². The number of nitrogen functional groups attached to an aromatic ring is 1. The predicted molar refractivity (Wildman–Crippen MR) is 87.4 cm³/mol. The Bertz CT molecular complexity index is 711. The van der Waals surface area contributed by atoms with Crippen LogP contribution in [0.25, 0.3) is 0 Å². The number of anilines is 2. The molecule has 3 nitrogen and oxygen atoms in total. The smallest absolute Gasteiger partial charge is 0.256 e. The monoisotopic (exact) mass is 370 g/mol. The maximum absolute atomic E-state index is 13.2. The Morgan fingerprint density at radius 3 is 2.52 bits per heavy atom. The molecule has 0 saturated carbocycles. The van der Waals surface area contributed by atoms with Gasteiger partial charge in [-0.05, 0) is 59.1 Å². The first-order valence-electron chi connectivity index (χ1n) is 6.12. The second-order valence-electron chi connectivity index (χ2n) is 4.72. The molecule has 0 aliphatic heterocycles. The van der Waals surface area contributed by atoms with E-state index >= 15 is 0 Å². The van der Waals surface area contributed by atoms with E-state index in [0.717, 1.165) is 17.2 Å². The topological polar surface area (TPSA) is 55.1 Å². The number of hydrogen-bond donors (Lipinski definition) is 2. The molecule has 0 radical (unpaired) electrons. The van der Waals surface area contributed by atoms with Crippen LogP contribution in [0.5, 0.6) is 0 Å². The fraction of sp³-hybridized carbons (Fsp3) is 0.133. The molecule has 21 heavy (non-hydrogen) atoms. The molecular formula is C15H13BrClFN2O. The number of nitrogens with two attached hydrogens (primary N) is 1. The number of benzene rings is 2. The summed E-state index contributed by atoms with van der Waals surface area (Å²) in [6, 6.07) is 5.83.